The Morgan fingerprint density at radius 1 is 1.35 bits per heavy atom. The van der Waals surface area contributed by atoms with Crippen LogP contribution in [0.4, 0.5) is 9.18 Å². The molecule has 1 unspecified atom stereocenters. The molecule has 1 aliphatic rings. The quantitative estimate of drug-likeness (QED) is 0.761. The molecule has 1 atom stereocenters. The van der Waals surface area contributed by atoms with Crippen LogP contribution in [0.25, 0.3) is 0 Å². The molecule has 20 heavy (non-hydrogen) atoms. The Balaban J connectivity index is 2.19. The van der Waals surface area contributed by atoms with Crippen LogP contribution in [0.3, 0.4) is 0 Å². The van der Waals surface area contributed by atoms with Gasteiger partial charge in [-0.3, -0.25) is 15.4 Å². The maximum absolute atomic E-state index is 12.9. The Hall–Kier alpha value is -2.44. The second kappa shape index (κ2) is 5.68. The minimum atomic E-state index is -0.660. The minimum absolute atomic E-state index is 0.0850. The van der Waals surface area contributed by atoms with Crippen molar-refractivity contribution >= 4 is 17.9 Å². The van der Waals surface area contributed by atoms with E-state index in [4.69, 9.17) is 0 Å². The molecule has 0 radical (unpaired) electrons. The van der Waals surface area contributed by atoms with Crippen LogP contribution in [0.5, 0.6) is 0 Å². The van der Waals surface area contributed by atoms with Gasteiger partial charge in [-0.2, -0.15) is 0 Å². The summed E-state index contributed by atoms with van der Waals surface area (Å²) in [7, 11) is 0. The second-order valence-corrected chi connectivity index (χ2v) is 4.67. The highest BCUT2D eigenvalue weighted by Crippen LogP contribution is 2.16. The van der Waals surface area contributed by atoms with Gasteiger partial charge in [-0.25, -0.2) is 14.2 Å². The number of urea groups is 1. The molecular formula is C13H15FN4O2. The van der Waals surface area contributed by atoms with E-state index in [1.165, 1.54) is 24.3 Å². The lowest BCUT2D eigenvalue weighted by Crippen LogP contribution is -2.53. The van der Waals surface area contributed by atoms with Crippen molar-refractivity contribution < 1.29 is 14.0 Å². The highest BCUT2D eigenvalue weighted by atomic mass is 19.1. The Bertz CT molecular complexity index is 554. The molecule has 1 aromatic carbocycles. The number of hydrogen-bond donors (Lipinski definition) is 3. The van der Waals surface area contributed by atoms with Crippen LogP contribution in [0.2, 0.25) is 0 Å². The molecule has 3 N–H and O–H groups in total. The van der Waals surface area contributed by atoms with Gasteiger partial charge < -0.3 is 5.32 Å². The predicted molar refractivity (Wildman–Crippen MR) is 71.2 cm³/mol. The number of amides is 3. The van der Waals surface area contributed by atoms with Gasteiger partial charge in [0.1, 0.15) is 5.82 Å². The van der Waals surface area contributed by atoms with Crippen LogP contribution in [0, 0.1) is 11.7 Å². The maximum Gasteiger partial charge on any atom is 0.323 e. The van der Waals surface area contributed by atoms with E-state index < -0.39 is 12.2 Å². The van der Waals surface area contributed by atoms with Gasteiger partial charge in [0.25, 0.3) is 0 Å². The van der Waals surface area contributed by atoms with Gasteiger partial charge in [-0.1, -0.05) is 26.0 Å². The number of carbonyl (C=O) groups excluding carboxylic acids is 2. The lowest BCUT2D eigenvalue weighted by molar-refractivity contribution is -0.122. The van der Waals surface area contributed by atoms with Crippen LogP contribution in [0.15, 0.2) is 29.3 Å². The summed E-state index contributed by atoms with van der Waals surface area (Å²) in [4.78, 5) is 27.3. The summed E-state index contributed by atoms with van der Waals surface area (Å²) in [6, 6.07) is 5.14. The number of nitrogens with zero attached hydrogens (tertiary/aromatic N) is 1. The van der Waals surface area contributed by atoms with Crippen molar-refractivity contribution in [1.29, 1.82) is 0 Å². The normalized spacial score (nSPS) is 18.1. The van der Waals surface area contributed by atoms with E-state index in [0.717, 1.165) is 0 Å². The zero-order valence-corrected chi connectivity index (χ0v) is 11.1. The predicted octanol–water partition coefficient (Wildman–Crippen LogP) is 1.27. The first-order valence-electron chi connectivity index (χ1n) is 6.17. The number of hydrogen-bond acceptors (Lipinski definition) is 3. The first-order chi connectivity index (χ1) is 9.45. The van der Waals surface area contributed by atoms with Crippen molar-refractivity contribution in [3.8, 4) is 0 Å². The third-order valence-electron chi connectivity index (χ3n) is 2.71. The van der Waals surface area contributed by atoms with Crippen molar-refractivity contribution in [2.24, 2.45) is 10.9 Å². The summed E-state index contributed by atoms with van der Waals surface area (Å²) >= 11 is 0. The fourth-order valence-corrected chi connectivity index (χ4v) is 1.59. The molecule has 2 rings (SSSR count). The molecule has 1 aromatic rings. The number of benzene rings is 1. The molecule has 1 heterocycles. The smallest absolute Gasteiger partial charge is 0.312 e. The third-order valence-corrected chi connectivity index (χ3v) is 2.71. The van der Waals surface area contributed by atoms with Crippen LogP contribution in [0.1, 0.15) is 25.6 Å². The van der Waals surface area contributed by atoms with Crippen LogP contribution >= 0.6 is 0 Å². The van der Waals surface area contributed by atoms with Crippen molar-refractivity contribution in [3.63, 3.8) is 0 Å². The van der Waals surface area contributed by atoms with E-state index in [1.54, 1.807) is 13.8 Å². The Kier molecular flexibility index (Phi) is 3.97. The molecule has 0 saturated carbocycles. The lowest BCUT2D eigenvalue weighted by atomic mass is 10.1. The van der Waals surface area contributed by atoms with E-state index in [9.17, 15) is 14.0 Å². The molecular weight excluding hydrogens is 263 g/mol. The molecule has 7 heteroatoms. The second-order valence-electron chi connectivity index (χ2n) is 4.67. The summed E-state index contributed by atoms with van der Waals surface area (Å²) in [6.07, 6.45) is -0.660. The van der Waals surface area contributed by atoms with Crippen LogP contribution < -0.4 is 16.0 Å². The van der Waals surface area contributed by atoms with Gasteiger partial charge in [0, 0.05) is 5.92 Å². The van der Waals surface area contributed by atoms with Crippen LogP contribution in [-0.4, -0.2) is 17.9 Å². The average molecular weight is 278 g/mol. The van der Waals surface area contributed by atoms with E-state index >= 15 is 0 Å². The molecule has 0 spiro atoms. The number of halogens is 1. The van der Waals surface area contributed by atoms with Crippen molar-refractivity contribution in [1.82, 2.24) is 16.0 Å². The summed E-state index contributed by atoms with van der Waals surface area (Å²) in [5, 5.41) is 7.51. The van der Waals surface area contributed by atoms with Gasteiger partial charge >= 0.3 is 6.03 Å². The summed E-state index contributed by atoms with van der Waals surface area (Å²) in [5.74, 6) is -0.759. The summed E-state index contributed by atoms with van der Waals surface area (Å²) in [6.45, 7) is 3.46. The van der Waals surface area contributed by atoms with E-state index in [2.05, 4.69) is 20.9 Å². The van der Waals surface area contributed by atoms with Gasteiger partial charge in [-0.15, -0.1) is 0 Å². The number of carbonyl (C=O) groups is 2. The zero-order chi connectivity index (χ0) is 14.7. The maximum atomic E-state index is 12.9. The molecule has 0 bridgehead atoms. The van der Waals surface area contributed by atoms with Crippen molar-refractivity contribution in [2.75, 3.05) is 0 Å². The summed E-state index contributed by atoms with van der Waals surface area (Å²) < 4.78 is 12.9. The van der Waals surface area contributed by atoms with Gasteiger partial charge in [-0.05, 0) is 17.7 Å². The van der Waals surface area contributed by atoms with Gasteiger partial charge in [0.15, 0.2) is 6.17 Å². The first-order valence-corrected chi connectivity index (χ1v) is 6.17. The molecule has 3 amide bonds. The Morgan fingerprint density at radius 3 is 2.60 bits per heavy atom. The minimum Gasteiger partial charge on any atom is -0.312 e. The van der Waals surface area contributed by atoms with E-state index in [-0.39, 0.29) is 23.6 Å². The first kappa shape index (κ1) is 14.0. The van der Waals surface area contributed by atoms with E-state index in [1.807, 2.05) is 0 Å². The average Bonchev–Trinajstić information content (AvgIpc) is 2.38. The highest BCUT2D eigenvalue weighted by Gasteiger charge is 2.22. The fourth-order valence-electron chi connectivity index (χ4n) is 1.59. The molecule has 0 fully saturated rings. The number of rotatable bonds is 2. The lowest BCUT2D eigenvalue weighted by Gasteiger charge is -2.23. The molecule has 0 saturated heterocycles. The molecule has 1 aliphatic heterocycles. The third kappa shape index (κ3) is 3.31. The molecule has 106 valence electrons. The van der Waals surface area contributed by atoms with Crippen molar-refractivity contribution in [2.45, 2.75) is 20.0 Å². The number of nitrogens with one attached hydrogen (secondary N) is 3. The number of guanidine groups is 1. The summed E-state index contributed by atoms with van der Waals surface area (Å²) in [5.41, 5.74) is 0.623. The largest absolute Gasteiger partial charge is 0.323 e. The molecule has 0 aromatic heterocycles. The topological polar surface area (TPSA) is 82.6 Å². The highest BCUT2D eigenvalue weighted by molar-refractivity contribution is 6.05. The van der Waals surface area contributed by atoms with Gasteiger partial charge in [0.2, 0.25) is 11.9 Å². The van der Waals surface area contributed by atoms with Gasteiger partial charge in [0.05, 0.1) is 0 Å². The Morgan fingerprint density at radius 2 is 2.00 bits per heavy atom. The monoisotopic (exact) mass is 278 g/mol. The molecule has 0 aliphatic carbocycles. The molecule has 6 nitrogen and oxygen atoms in total. The van der Waals surface area contributed by atoms with Crippen LogP contribution in [-0.2, 0) is 4.79 Å². The zero-order valence-electron chi connectivity index (χ0n) is 11.1. The standard InChI is InChI=1S/C13H15FN4O2/c1-7(2)11(19)17-12-15-10(16-13(20)18-12)8-3-5-9(14)6-4-8/h3-7,10H,1-2H3,(H3,15,16,17,18,19,20). The Labute approximate surface area is 115 Å². The number of aliphatic imine (C=N–C) groups is 1. The van der Waals surface area contributed by atoms with E-state index in [0.29, 0.717) is 5.56 Å². The van der Waals surface area contributed by atoms with Crippen molar-refractivity contribution in [3.05, 3.63) is 35.6 Å². The SMILES string of the molecule is CC(C)C(=O)NC1=NC(c2ccc(F)cc2)NC(=O)N1. The fraction of sp³-hybridized carbons (Fsp3) is 0.308.